The van der Waals surface area contributed by atoms with Gasteiger partial charge in [-0.2, -0.15) is 0 Å². The molecule has 1 N–H and O–H groups in total. The highest BCUT2D eigenvalue weighted by Gasteiger charge is 2.59. The summed E-state index contributed by atoms with van der Waals surface area (Å²) in [6, 6.07) is -0.289. The van der Waals surface area contributed by atoms with Gasteiger partial charge in [0.25, 0.3) is 0 Å². The first-order valence-electron chi connectivity index (χ1n) is 8.05. The summed E-state index contributed by atoms with van der Waals surface area (Å²) in [5.74, 6) is 0.419. The number of carbonyl (C=O) groups is 2. The maximum absolute atomic E-state index is 13.2. The lowest BCUT2D eigenvalue weighted by molar-refractivity contribution is -0.162. The molecule has 3 fully saturated rings. The van der Waals surface area contributed by atoms with Gasteiger partial charge in [0.2, 0.25) is 11.8 Å². The molecule has 1 spiro atoms. The Balaban J connectivity index is 1.97. The number of carbonyl (C=O) groups excluding carboxylic acids is 2. The molecular weight excluding hydrogens is 252 g/mol. The van der Waals surface area contributed by atoms with Crippen LogP contribution in [-0.4, -0.2) is 33.8 Å². The van der Waals surface area contributed by atoms with Crippen molar-refractivity contribution in [1.82, 2.24) is 10.2 Å². The van der Waals surface area contributed by atoms with Crippen molar-refractivity contribution in [3.05, 3.63) is 0 Å². The minimum Gasteiger partial charge on any atom is -0.340 e. The normalized spacial score (nSPS) is 31.6. The van der Waals surface area contributed by atoms with E-state index in [-0.39, 0.29) is 29.3 Å². The van der Waals surface area contributed by atoms with E-state index in [1.54, 1.807) is 0 Å². The number of hydrogen-bond donors (Lipinski definition) is 1. The molecule has 3 rings (SSSR count). The molecule has 1 unspecified atom stereocenters. The Morgan fingerprint density at radius 2 is 1.70 bits per heavy atom. The van der Waals surface area contributed by atoms with Crippen LogP contribution < -0.4 is 5.32 Å². The average Bonchev–Trinajstić information content (AvgIpc) is 3.13. The van der Waals surface area contributed by atoms with Gasteiger partial charge in [-0.05, 0) is 38.5 Å². The number of nitrogens with zero attached hydrogens (tertiary/aromatic N) is 1. The van der Waals surface area contributed by atoms with Gasteiger partial charge >= 0.3 is 0 Å². The average molecular weight is 278 g/mol. The highest BCUT2D eigenvalue weighted by molar-refractivity contribution is 6.00. The van der Waals surface area contributed by atoms with Crippen molar-refractivity contribution >= 4 is 11.8 Å². The molecule has 0 aromatic rings. The zero-order valence-electron chi connectivity index (χ0n) is 12.9. The van der Waals surface area contributed by atoms with Crippen molar-refractivity contribution in [3.63, 3.8) is 0 Å². The van der Waals surface area contributed by atoms with Crippen molar-refractivity contribution in [3.8, 4) is 0 Å². The second-order valence-electron chi connectivity index (χ2n) is 7.49. The molecule has 20 heavy (non-hydrogen) atoms. The zero-order valence-corrected chi connectivity index (χ0v) is 12.9. The molecule has 0 radical (unpaired) electrons. The maximum atomic E-state index is 13.2. The van der Waals surface area contributed by atoms with Gasteiger partial charge in [-0.25, -0.2) is 0 Å². The van der Waals surface area contributed by atoms with Crippen LogP contribution in [0, 0.1) is 5.92 Å². The Labute approximate surface area is 121 Å². The molecule has 2 aliphatic carbocycles. The lowest BCUT2D eigenvalue weighted by Gasteiger charge is -2.51. The summed E-state index contributed by atoms with van der Waals surface area (Å²) in [5.41, 5.74) is -0.666. The third kappa shape index (κ3) is 1.95. The Morgan fingerprint density at radius 1 is 1.10 bits per heavy atom. The minimum atomic E-state index is -0.591. The van der Waals surface area contributed by atoms with Crippen LogP contribution in [0.1, 0.15) is 65.7 Å². The van der Waals surface area contributed by atoms with E-state index in [0.29, 0.717) is 0 Å². The fourth-order valence-corrected chi connectivity index (χ4v) is 3.94. The van der Waals surface area contributed by atoms with Crippen molar-refractivity contribution in [2.24, 2.45) is 5.92 Å². The van der Waals surface area contributed by atoms with Gasteiger partial charge in [-0.15, -0.1) is 0 Å². The van der Waals surface area contributed by atoms with E-state index in [1.807, 2.05) is 18.7 Å². The number of amides is 2. The fraction of sp³-hybridized carbons (Fsp3) is 0.875. The predicted octanol–water partition coefficient (Wildman–Crippen LogP) is 2.22. The van der Waals surface area contributed by atoms with Crippen LogP contribution in [-0.2, 0) is 9.59 Å². The number of nitrogens with one attached hydrogen (secondary N) is 1. The second-order valence-corrected chi connectivity index (χ2v) is 7.49. The van der Waals surface area contributed by atoms with Gasteiger partial charge in [0, 0.05) is 5.54 Å². The molecule has 1 saturated heterocycles. The fourth-order valence-electron chi connectivity index (χ4n) is 3.94. The van der Waals surface area contributed by atoms with Gasteiger partial charge in [0.15, 0.2) is 0 Å². The van der Waals surface area contributed by atoms with Gasteiger partial charge < -0.3 is 10.2 Å². The number of hydrogen-bond acceptors (Lipinski definition) is 2. The molecule has 0 aromatic carbocycles. The maximum Gasteiger partial charge on any atom is 0.249 e. The standard InChI is InChI=1S/C16H26N2O2/c1-11(2)12-13(19)17-16(7-5-4-6-8-16)14(20)18(12)15(3)9-10-15/h11-12H,4-10H2,1-3H3,(H,17,19). The SMILES string of the molecule is CC(C)C1C(=O)NC2(CCCCC2)C(=O)N1C1(C)CC1. The van der Waals surface area contributed by atoms with Gasteiger partial charge in [0.1, 0.15) is 11.6 Å². The van der Waals surface area contributed by atoms with E-state index in [4.69, 9.17) is 0 Å². The Bertz CT molecular complexity index is 434. The molecule has 112 valence electrons. The Morgan fingerprint density at radius 3 is 2.20 bits per heavy atom. The first kappa shape index (κ1) is 13.9. The van der Waals surface area contributed by atoms with Crippen LogP contribution in [0.15, 0.2) is 0 Å². The van der Waals surface area contributed by atoms with E-state index < -0.39 is 5.54 Å². The Kier molecular flexibility index (Phi) is 3.11. The zero-order chi connectivity index (χ0) is 14.5. The van der Waals surface area contributed by atoms with Crippen LogP contribution in [0.3, 0.4) is 0 Å². The van der Waals surface area contributed by atoms with Crippen LogP contribution >= 0.6 is 0 Å². The molecule has 1 aliphatic heterocycles. The second kappa shape index (κ2) is 4.47. The van der Waals surface area contributed by atoms with Gasteiger partial charge in [0.05, 0.1) is 0 Å². The molecule has 4 heteroatoms. The smallest absolute Gasteiger partial charge is 0.249 e. The van der Waals surface area contributed by atoms with E-state index in [0.717, 1.165) is 38.5 Å². The topological polar surface area (TPSA) is 49.4 Å². The molecule has 2 saturated carbocycles. The minimum absolute atomic E-state index is 0.0645. The summed E-state index contributed by atoms with van der Waals surface area (Å²) in [5, 5.41) is 3.11. The third-order valence-corrected chi connectivity index (χ3v) is 5.43. The summed E-state index contributed by atoms with van der Waals surface area (Å²) in [7, 11) is 0. The van der Waals surface area contributed by atoms with Gasteiger partial charge in [-0.1, -0.05) is 33.1 Å². The molecule has 0 bridgehead atoms. The lowest BCUT2D eigenvalue weighted by Crippen LogP contribution is -2.73. The molecule has 1 atom stereocenters. The van der Waals surface area contributed by atoms with E-state index in [9.17, 15) is 9.59 Å². The molecule has 2 amide bonds. The third-order valence-electron chi connectivity index (χ3n) is 5.43. The van der Waals surface area contributed by atoms with Crippen molar-refractivity contribution < 1.29 is 9.59 Å². The molecule has 0 aromatic heterocycles. The summed E-state index contributed by atoms with van der Waals surface area (Å²) >= 11 is 0. The monoisotopic (exact) mass is 278 g/mol. The molecule has 3 aliphatic rings. The van der Waals surface area contributed by atoms with Crippen molar-refractivity contribution in [2.75, 3.05) is 0 Å². The Hall–Kier alpha value is -1.06. The van der Waals surface area contributed by atoms with Crippen molar-refractivity contribution in [2.45, 2.75) is 82.8 Å². The largest absolute Gasteiger partial charge is 0.340 e. The number of rotatable bonds is 2. The van der Waals surface area contributed by atoms with E-state index in [1.165, 1.54) is 6.42 Å². The molecule has 4 nitrogen and oxygen atoms in total. The highest BCUT2D eigenvalue weighted by Crippen LogP contribution is 2.47. The van der Waals surface area contributed by atoms with E-state index >= 15 is 0 Å². The van der Waals surface area contributed by atoms with Crippen LogP contribution in [0.5, 0.6) is 0 Å². The lowest BCUT2D eigenvalue weighted by atomic mass is 9.77. The van der Waals surface area contributed by atoms with E-state index in [2.05, 4.69) is 12.2 Å². The van der Waals surface area contributed by atoms with Crippen LogP contribution in [0.2, 0.25) is 0 Å². The highest BCUT2D eigenvalue weighted by atomic mass is 16.2. The summed E-state index contributed by atoms with van der Waals surface area (Å²) in [6.45, 7) is 6.21. The summed E-state index contributed by atoms with van der Waals surface area (Å²) < 4.78 is 0. The quantitative estimate of drug-likeness (QED) is 0.842. The van der Waals surface area contributed by atoms with Gasteiger partial charge in [-0.3, -0.25) is 9.59 Å². The predicted molar refractivity (Wildman–Crippen MR) is 77.1 cm³/mol. The number of piperazine rings is 1. The van der Waals surface area contributed by atoms with Crippen LogP contribution in [0.25, 0.3) is 0 Å². The first-order chi connectivity index (χ1) is 9.40. The molecule has 1 heterocycles. The van der Waals surface area contributed by atoms with Crippen molar-refractivity contribution in [1.29, 1.82) is 0 Å². The van der Waals surface area contributed by atoms with Crippen LogP contribution in [0.4, 0.5) is 0 Å². The summed E-state index contributed by atoms with van der Waals surface area (Å²) in [6.07, 6.45) is 6.96. The summed E-state index contributed by atoms with van der Waals surface area (Å²) in [4.78, 5) is 27.8. The first-order valence-corrected chi connectivity index (χ1v) is 8.05. The molecular formula is C16H26N2O2.